The Balaban J connectivity index is 1.43. The number of rotatable bonds is 6. The molecule has 2 fully saturated rings. The highest BCUT2D eigenvalue weighted by atomic mass is 19.1. The lowest BCUT2D eigenvalue weighted by atomic mass is 9.90. The van der Waals surface area contributed by atoms with Gasteiger partial charge in [-0.3, -0.25) is 0 Å². The highest BCUT2D eigenvalue weighted by Gasteiger charge is 2.35. The maximum absolute atomic E-state index is 13.1. The third-order valence-corrected chi connectivity index (χ3v) is 6.29. The van der Waals surface area contributed by atoms with Crippen molar-refractivity contribution in [3.8, 4) is 17.1 Å². The number of aromatic nitrogens is 4. The number of ether oxygens (including phenoxy) is 2. The van der Waals surface area contributed by atoms with Crippen molar-refractivity contribution < 1.29 is 18.7 Å². The summed E-state index contributed by atoms with van der Waals surface area (Å²) in [6.07, 6.45) is 5.55. The number of pyridine rings is 1. The van der Waals surface area contributed by atoms with Crippen LogP contribution < -0.4 is 4.74 Å². The highest BCUT2D eigenvalue weighted by molar-refractivity contribution is 5.68. The van der Waals surface area contributed by atoms with Gasteiger partial charge in [0.15, 0.2) is 0 Å². The molecule has 9 heteroatoms. The Morgan fingerprint density at radius 1 is 1.26 bits per heavy atom. The summed E-state index contributed by atoms with van der Waals surface area (Å²) in [6, 6.07) is 3.68. The molecule has 2 aliphatic rings. The molecule has 0 N–H and O–H groups in total. The van der Waals surface area contributed by atoms with Gasteiger partial charge in [-0.05, 0) is 57.6 Å². The predicted molar refractivity (Wildman–Crippen MR) is 112 cm³/mol. The molecule has 0 spiro atoms. The summed E-state index contributed by atoms with van der Waals surface area (Å²) in [5.41, 5.74) is 2.66. The first-order valence-electron chi connectivity index (χ1n) is 11.0. The molecule has 2 heterocycles. The Kier molecular flexibility index (Phi) is 6.38. The fraction of sp³-hybridized carbons (Fsp3) is 0.636. The molecule has 168 valence electrons. The van der Waals surface area contributed by atoms with Gasteiger partial charge >= 0.3 is 6.09 Å². The molecular weight excluding hydrogens is 401 g/mol. The van der Waals surface area contributed by atoms with Crippen LogP contribution in [-0.2, 0) is 18.4 Å². The third kappa shape index (κ3) is 4.80. The molecule has 2 aliphatic carbocycles. The summed E-state index contributed by atoms with van der Waals surface area (Å²) in [7, 11) is 3.38. The van der Waals surface area contributed by atoms with Crippen molar-refractivity contribution in [2.75, 3.05) is 7.05 Å². The van der Waals surface area contributed by atoms with Gasteiger partial charge in [-0.15, -0.1) is 5.10 Å². The van der Waals surface area contributed by atoms with Crippen LogP contribution in [0.3, 0.4) is 0 Å². The Hall–Kier alpha value is -2.71. The smallest absolute Gasteiger partial charge is 0.410 e. The maximum Gasteiger partial charge on any atom is 0.410 e. The van der Waals surface area contributed by atoms with Gasteiger partial charge in [0.2, 0.25) is 0 Å². The van der Waals surface area contributed by atoms with Crippen LogP contribution in [0.5, 0.6) is 5.75 Å². The summed E-state index contributed by atoms with van der Waals surface area (Å²) in [6.45, 7) is 1.93. The highest BCUT2D eigenvalue weighted by Crippen LogP contribution is 2.29. The zero-order valence-corrected chi connectivity index (χ0v) is 18.4. The van der Waals surface area contributed by atoms with E-state index in [0.717, 1.165) is 24.3 Å². The molecule has 31 heavy (non-hydrogen) atoms. The molecule has 0 bridgehead atoms. The number of amides is 1. The van der Waals surface area contributed by atoms with Crippen molar-refractivity contribution in [2.45, 2.75) is 76.8 Å². The van der Waals surface area contributed by atoms with E-state index in [-0.39, 0.29) is 18.8 Å². The SMILES string of the molecule is Cc1nc(-c2nnn(C)c2COC(=O)N(C)C2CC(F)C2)ccc1OC1CCCCC1. The van der Waals surface area contributed by atoms with Gasteiger partial charge in [0.1, 0.15) is 29.9 Å². The van der Waals surface area contributed by atoms with E-state index in [2.05, 4.69) is 15.3 Å². The van der Waals surface area contributed by atoms with Gasteiger partial charge in [0.25, 0.3) is 0 Å². The van der Waals surface area contributed by atoms with Crippen LogP contribution in [-0.4, -0.2) is 56.3 Å². The monoisotopic (exact) mass is 431 g/mol. The quantitative estimate of drug-likeness (QED) is 0.688. The summed E-state index contributed by atoms with van der Waals surface area (Å²) in [5, 5.41) is 8.30. The lowest BCUT2D eigenvalue weighted by Gasteiger charge is -2.36. The number of hydrogen-bond acceptors (Lipinski definition) is 6. The van der Waals surface area contributed by atoms with Crippen molar-refractivity contribution in [1.29, 1.82) is 0 Å². The van der Waals surface area contributed by atoms with Gasteiger partial charge < -0.3 is 14.4 Å². The molecule has 0 atom stereocenters. The van der Waals surface area contributed by atoms with Crippen molar-refractivity contribution in [3.05, 3.63) is 23.5 Å². The second kappa shape index (κ2) is 9.20. The summed E-state index contributed by atoms with van der Waals surface area (Å²) >= 11 is 0. The zero-order chi connectivity index (χ0) is 22.0. The van der Waals surface area contributed by atoms with Crippen LogP contribution in [0.4, 0.5) is 9.18 Å². The van der Waals surface area contributed by atoms with Gasteiger partial charge in [-0.1, -0.05) is 11.6 Å². The van der Waals surface area contributed by atoms with Crippen LogP contribution in [0.25, 0.3) is 11.4 Å². The number of carbonyl (C=O) groups excluding carboxylic acids is 1. The topological polar surface area (TPSA) is 82.4 Å². The fourth-order valence-corrected chi connectivity index (χ4v) is 4.12. The van der Waals surface area contributed by atoms with E-state index in [0.29, 0.717) is 29.9 Å². The molecule has 0 aromatic carbocycles. The minimum absolute atomic E-state index is 0.00876. The van der Waals surface area contributed by atoms with Crippen LogP contribution in [0.1, 0.15) is 56.3 Å². The second-order valence-electron chi connectivity index (χ2n) is 8.55. The molecule has 2 aromatic rings. The van der Waals surface area contributed by atoms with Gasteiger partial charge in [0, 0.05) is 20.1 Å². The van der Waals surface area contributed by atoms with Crippen molar-refractivity contribution in [1.82, 2.24) is 24.9 Å². The molecule has 2 aromatic heterocycles. The van der Waals surface area contributed by atoms with Crippen LogP contribution in [0.15, 0.2) is 12.1 Å². The van der Waals surface area contributed by atoms with E-state index in [9.17, 15) is 9.18 Å². The molecule has 1 amide bonds. The minimum atomic E-state index is -0.826. The average molecular weight is 432 g/mol. The lowest BCUT2D eigenvalue weighted by Crippen LogP contribution is -2.46. The minimum Gasteiger partial charge on any atom is -0.489 e. The average Bonchev–Trinajstić information content (AvgIpc) is 3.11. The van der Waals surface area contributed by atoms with Crippen LogP contribution >= 0.6 is 0 Å². The number of nitrogens with zero attached hydrogens (tertiary/aromatic N) is 5. The zero-order valence-electron chi connectivity index (χ0n) is 18.4. The van der Waals surface area contributed by atoms with Crippen LogP contribution in [0, 0.1) is 6.92 Å². The molecule has 0 aliphatic heterocycles. The van der Waals surface area contributed by atoms with E-state index in [1.54, 1.807) is 18.8 Å². The normalized spacial score (nSPS) is 21.4. The first kappa shape index (κ1) is 21.5. The van der Waals surface area contributed by atoms with Crippen molar-refractivity contribution in [2.24, 2.45) is 7.05 Å². The van der Waals surface area contributed by atoms with Gasteiger partial charge in [0.05, 0.1) is 17.5 Å². The van der Waals surface area contributed by atoms with Crippen LogP contribution in [0.2, 0.25) is 0 Å². The molecule has 8 nitrogen and oxygen atoms in total. The van der Waals surface area contributed by atoms with E-state index in [4.69, 9.17) is 9.47 Å². The van der Waals surface area contributed by atoms with E-state index in [1.165, 1.54) is 24.2 Å². The lowest BCUT2D eigenvalue weighted by molar-refractivity contribution is 0.0443. The standard InChI is InChI=1S/C22H30FN5O3/c1-14-20(31-17-7-5-4-6-8-17)10-9-18(24-14)21-19(28(3)26-25-21)13-30-22(29)27(2)16-11-15(23)12-16/h9-10,15-17H,4-8,11-13H2,1-3H3. The molecular formula is C22H30FN5O3. The van der Waals surface area contributed by atoms with Crippen molar-refractivity contribution >= 4 is 6.09 Å². The number of halogens is 1. The number of aryl methyl sites for hydroxylation is 2. The predicted octanol–water partition coefficient (Wildman–Crippen LogP) is 3.97. The molecule has 2 saturated carbocycles. The largest absolute Gasteiger partial charge is 0.489 e. The fourth-order valence-electron chi connectivity index (χ4n) is 4.12. The maximum atomic E-state index is 13.1. The Bertz CT molecular complexity index is 922. The summed E-state index contributed by atoms with van der Waals surface area (Å²) in [4.78, 5) is 18.5. The van der Waals surface area contributed by atoms with Gasteiger partial charge in [-0.25, -0.2) is 18.9 Å². The third-order valence-electron chi connectivity index (χ3n) is 6.29. The van der Waals surface area contributed by atoms with E-state index in [1.807, 2.05) is 19.1 Å². The summed E-state index contributed by atoms with van der Waals surface area (Å²) < 4.78 is 26.3. The Morgan fingerprint density at radius 3 is 2.68 bits per heavy atom. The van der Waals surface area contributed by atoms with E-state index >= 15 is 0 Å². The number of hydrogen-bond donors (Lipinski definition) is 0. The Labute approximate surface area is 181 Å². The van der Waals surface area contributed by atoms with E-state index < -0.39 is 12.3 Å². The molecule has 0 unspecified atom stereocenters. The first-order valence-corrected chi connectivity index (χ1v) is 11.0. The number of alkyl halides is 1. The van der Waals surface area contributed by atoms with Gasteiger partial charge in [-0.2, -0.15) is 0 Å². The Morgan fingerprint density at radius 2 is 2.00 bits per heavy atom. The van der Waals surface area contributed by atoms with Crippen molar-refractivity contribution in [3.63, 3.8) is 0 Å². The number of carbonyl (C=O) groups is 1. The first-order chi connectivity index (χ1) is 14.9. The second-order valence-corrected chi connectivity index (χ2v) is 8.55. The molecule has 4 rings (SSSR count). The summed E-state index contributed by atoms with van der Waals surface area (Å²) in [5.74, 6) is 0.792. The molecule has 0 radical (unpaired) electrons. The molecule has 0 saturated heterocycles.